The van der Waals surface area contributed by atoms with E-state index in [0.717, 1.165) is 29.7 Å². The number of hydrogen-bond acceptors (Lipinski definition) is 4. The molecule has 2 aromatic rings. The first-order valence-corrected chi connectivity index (χ1v) is 8.64. The first kappa shape index (κ1) is 17.5. The highest BCUT2D eigenvalue weighted by atomic mass is 16.5. The van der Waals surface area contributed by atoms with E-state index in [2.05, 4.69) is 5.32 Å². The van der Waals surface area contributed by atoms with Crippen LogP contribution in [0.2, 0.25) is 0 Å². The fourth-order valence-electron chi connectivity index (χ4n) is 3.24. The van der Waals surface area contributed by atoms with Gasteiger partial charge in [-0.3, -0.25) is 4.79 Å². The summed E-state index contributed by atoms with van der Waals surface area (Å²) in [4.78, 5) is 12.8. The van der Waals surface area contributed by atoms with Gasteiger partial charge >= 0.3 is 0 Å². The molecule has 2 unspecified atom stereocenters. The highest BCUT2D eigenvalue weighted by Crippen LogP contribution is 2.49. The van der Waals surface area contributed by atoms with Crippen LogP contribution in [0.3, 0.4) is 0 Å². The molecule has 1 aromatic carbocycles. The van der Waals surface area contributed by atoms with Gasteiger partial charge in [-0.15, -0.1) is 0 Å². The van der Waals surface area contributed by atoms with Crippen molar-refractivity contribution < 1.29 is 19.1 Å². The minimum atomic E-state index is -0.722. The molecule has 1 fully saturated rings. The summed E-state index contributed by atoms with van der Waals surface area (Å²) in [5.41, 5.74) is 1.58. The molecule has 0 bridgehead atoms. The fourth-order valence-corrected chi connectivity index (χ4v) is 3.24. The maximum Gasteiger partial charge on any atom is 0.230 e. The molecule has 1 amide bonds. The molecule has 134 valence electrons. The molecule has 2 N–H and O–H groups in total. The Labute approximate surface area is 148 Å². The van der Waals surface area contributed by atoms with E-state index in [-0.39, 0.29) is 11.9 Å². The molecule has 1 aliphatic rings. The number of hydrogen-bond donors (Lipinski definition) is 2. The van der Waals surface area contributed by atoms with Crippen LogP contribution in [-0.4, -0.2) is 24.2 Å². The third-order valence-corrected chi connectivity index (χ3v) is 4.97. The molecule has 1 aliphatic carbocycles. The maximum absolute atomic E-state index is 12.8. The Hall–Kier alpha value is -2.27. The molecule has 2 atom stereocenters. The van der Waals surface area contributed by atoms with Crippen molar-refractivity contribution in [3.05, 3.63) is 53.5 Å². The standard InChI is InChI=1S/C20H25NO4/c1-13-6-7-15(12-18(13)24-3)20(8-9-20)19(23)21-14(2)11-16(22)17-5-4-10-25-17/h4-7,10,12,14,16,22H,8-9,11H2,1-3H3,(H,21,23). The van der Waals surface area contributed by atoms with E-state index in [9.17, 15) is 9.90 Å². The summed E-state index contributed by atoms with van der Waals surface area (Å²) in [6, 6.07) is 9.28. The first-order valence-electron chi connectivity index (χ1n) is 8.64. The van der Waals surface area contributed by atoms with Crippen molar-refractivity contribution in [2.75, 3.05) is 7.11 Å². The number of aryl methyl sites for hydroxylation is 1. The highest BCUT2D eigenvalue weighted by molar-refractivity contribution is 5.91. The van der Waals surface area contributed by atoms with Crippen molar-refractivity contribution in [3.63, 3.8) is 0 Å². The third kappa shape index (κ3) is 3.56. The lowest BCUT2D eigenvalue weighted by molar-refractivity contribution is -0.124. The van der Waals surface area contributed by atoms with Crippen LogP contribution in [0.1, 0.15) is 49.2 Å². The Morgan fingerprint density at radius 2 is 2.16 bits per heavy atom. The second-order valence-electron chi connectivity index (χ2n) is 6.91. The van der Waals surface area contributed by atoms with Gasteiger partial charge in [0.2, 0.25) is 5.91 Å². The molecule has 0 saturated heterocycles. The number of rotatable bonds is 7. The van der Waals surface area contributed by atoms with E-state index in [1.807, 2.05) is 32.0 Å². The normalized spacial score (nSPS) is 17.6. The van der Waals surface area contributed by atoms with Crippen LogP contribution in [0, 0.1) is 6.92 Å². The van der Waals surface area contributed by atoms with Crippen LogP contribution in [0.15, 0.2) is 41.0 Å². The molecule has 0 radical (unpaired) electrons. The van der Waals surface area contributed by atoms with Crippen molar-refractivity contribution in [1.29, 1.82) is 0 Å². The van der Waals surface area contributed by atoms with Crippen molar-refractivity contribution >= 4 is 5.91 Å². The fraction of sp³-hybridized carbons (Fsp3) is 0.450. The Kier molecular flexibility index (Phi) is 4.86. The minimum absolute atomic E-state index is 0.0116. The molecule has 5 nitrogen and oxygen atoms in total. The predicted octanol–water partition coefficient (Wildman–Crippen LogP) is 3.26. The topological polar surface area (TPSA) is 71.7 Å². The van der Waals surface area contributed by atoms with Gasteiger partial charge in [-0.2, -0.15) is 0 Å². The molecular weight excluding hydrogens is 318 g/mol. The lowest BCUT2D eigenvalue weighted by Crippen LogP contribution is -2.40. The first-order chi connectivity index (χ1) is 12.0. The van der Waals surface area contributed by atoms with Crippen molar-refractivity contribution in [1.82, 2.24) is 5.32 Å². The minimum Gasteiger partial charge on any atom is -0.496 e. The number of aliphatic hydroxyl groups is 1. The second kappa shape index (κ2) is 6.92. The van der Waals surface area contributed by atoms with E-state index in [1.165, 1.54) is 6.26 Å². The van der Waals surface area contributed by atoms with Gasteiger partial charge in [0.05, 0.1) is 18.8 Å². The number of ether oxygens (including phenoxy) is 1. The quantitative estimate of drug-likeness (QED) is 0.809. The van der Waals surface area contributed by atoms with Crippen molar-refractivity contribution in [3.8, 4) is 5.75 Å². The number of nitrogens with one attached hydrogen (secondary N) is 1. The van der Waals surface area contributed by atoms with E-state index in [4.69, 9.17) is 9.15 Å². The average Bonchev–Trinajstić information content (AvgIpc) is 3.21. The van der Waals surface area contributed by atoms with Crippen LogP contribution >= 0.6 is 0 Å². The second-order valence-corrected chi connectivity index (χ2v) is 6.91. The molecular formula is C20H25NO4. The van der Waals surface area contributed by atoms with Crippen molar-refractivity contribution in [2.45, 2.75) is 50.7 Å². The van der Waals surface area contributed by atoms with Gasteiger partial charge in [0.25, 0.3) is 0 Å². The number of amides is 1. The van der Waals surface area contributed by atoms with Crippen LogP contribution < -0.4 is 10.1 Å². The van der Waals surface area contributed by atoms with Crippen LogP contribution in [-0.2, 0) is 10.2 Å². The Morgan fingerprint density at radius 1 is 1.40 bits per heavy atom. The van der Waals surface area contributed by atoms with E-state index >= 15 is 0 Å². The molecule has 1 aromatic heterocycles. The monoisotopic (exact) mass is 343 g/mol. The van der Waals surface area contributed by atoms with Gasteiger partial charge < -0.3 is 19.6 Å². The Balaban J connectivity index is 1.66. The summed E-state index contributed by atoms with van der Waals surface area (Å²) in [5.74, 6) is 1.33. The van der Waals surface area contributed by atoms with Gasteiger partial charge in [0.15, 0.2) is 0 Å². The number of benzene rings is 1. The molecule has 25 heavy (non-hydrogen) atoms. The van der Waals surface area contributed by atoms with Crippen molar-refractivity contribution in [2.24, 2.45) is 0 Å². The van der Waals surface area contributed by atoms with E-state index < -0.39 is 11.5 Å². The summed E-state index contributed by atoms with van der Waals surface area (Å²) in [6.45, 7) is 3.89. The number of furan rings is 1. The van der Waals surface area contributed by atoms with Crippen LogP contribution in [0.25, 0.3) is 0 Å². The highest BCUT2D eigenvalue weighted by Gasteiger charge is 2.51. The molecule has 1 heterocycles. The Morgan fingerprint density at radius 3 is 2.76 bits per heavy atom. The summed E-state index contributed by atoms with van der Waals surface area (Å²) in [5, 5.41) is 13.2. The smallest absolute Gasteiger partial charge is 0.230 e. The number of carbonyl (C=O) groups is 1. The van der Waals surface area contributed by atoms with Gasteiger partial charge in [0.1, 0.15) is 17.6 Å². The molecule has 0 spiro atoms. The third-order valence-electron chi connectivity index (χ3n) is 4.97. The molecule has 1 saturated carbocycles. The maximum atomic E-state index is 12.8. The van der Waals surface area contributed by atoms with Crippen LogP contribution in [0.5, 0.6) is 5.75 Å². The SMILES string of the molecule is COc1cc(C2(C(=O)NC(C)CC(O)c3ccco3)CC2)ccc1C. The Bertz CT molecular complexity index is 734. The molecule has 5 heteroatoms. The zero-order valence-electron chi connectivity index (χ0n) is 14.9. The number of methoxy groups -OCH3 is 1. The average molecular weight is 343 g/mol. The zero-order valence-corrected chi connectivity index (χ0v) is 14.9. The number of aliphatic hydroxyl groups excluding tert-OH is 1. The van der Waals surface area contributed by atoms with Gasteiger partial charge in [0, 0.05) is 12.5 Å². The number of carbonyl (C=O) groups excluding carboxylic acids is 1. The summed E-state index contributed by atoms with van der Waals surface area (Å²) in [7, 11) is 1.64. The molecule has 3 rings (SSSR count). The van der Waals surface area contributed by atoms with Gasteiger partial charge in [-0.1, -0.05) is 12.1 Å². The van der Waals surface area contributed by atoms with Gasteiger partial charge in [-0.05, 0) is 56.0 Å². The van der Waals surface area contributed by atoms with E-state index in [1.54, 1.807) is 19.2 Å². The summed E-state index contributed by atoms with van der Waals surface area (Å²) in [6.07, 6.45) is 2.88. The predicted molar refractivity (Wildman–Crippen MR) is 94.5 cm³/mol. The van der Waals surface area contributed by atoms with E-state index in [0.29, 0.717) is 12.2 Å². The lowest BCUT2D eigenvalue weighted by Gasteiger charge is -2.22. The lowest BCUT2D eigenvalue weighted by atomic mass is 9.93. The largest absolute Gasteiger partial charge is 0.496 e. The molecule has 0 aliphatic heterocycles. The summed E-state index contributed by atoms with van der Waals surface area (Å²) >= 11 is 0. The zero-order chi connectivity index (χ0) is 18.0. The van der Waals surface area contributed by atoms with Crippen LogP contribution in [0.4, 0.5) is 0 Å². The summed E-state index contributed by atoms with van der Waals surface area (Å²) < 4.78 is 10.6. The van der Waals surface area contributed by atoms with Gasteiger partial charge in [-0.25, -0.2) is 0 Å².